The zero-order valence-electron chi connectivity index (χ0n) is 12.5. The topological polar surface area (TPSA) is 74.3 Å². The van der Waals surface area contributed by atoms with Crippen LogP contribution in [0.25, 0.3) is 0 Å². The van der Waals surface area contributed by atoms with Crippen LogP contribution in [0, 0.1) is 0 Å². The number of rotatable bonds is 2. The lowest BCUT2D eigenvalue weighted by Gasteiger charge is -2.50. The van der Waals surface area contributed by atoms with Crippen molar-refractivity contribution in [2.24, 2.45) is 0 Å². The van der Waals surface area contributed by atoms with Crippen molar-refractivity contribution >= 4 is 11.9 Å². The lowest BCUT2D eigenvalue weighted by atomic mass is 9.81. The Morgan fingerprint density at radius 3 is 2.67 bits per heavy atom. The summed E-state index contributed by atoms with van der Waals surface area (Å²) in [5.74, 6) is -1.74. The Balaban J connectivity index is 2.03. The molecule has 116 valence electrons. The van der Waals surface area contributed by atoms with E-state index in [0.29, 0.717) is 0 Å². The lowest BCUT2D eigenvalue weighted by molar-refractivity contribution is -0.299. The lowest BCUT2D eigenvalue weighted by Crippen LogP contribution is -2.70. The third-order valence-electron chi connectivity index (χ3n) is 3.85. The second kappa shape index (κ2) is 4.53. The largest absolute Gasteiger partial charge is 0.463 e. The Labute approximate surface area is 122 Å². The standard InChI is InChI=1S/C14H19NO6/c1-5-18-12(17)14-7-6-9(15(21-14)8(2)16)10-11(14)20-13(3,4)19-10/h6-7,9-11H,5H2,1-4H3/t9-,10+,11+,14-/m1/s1. The molecule has 0 aromatic carbocycles. The second-order valence-electron chi connectivity index (χ2n) is 5.82. The molecule has 1 aliphatic carbocycles. The molecule has 1 amide bonds. The molecule has 7 nitrogen and oxygen atoms in total. The fraction of sp³-hybridized carbons (Fsp3) is 0.714. The Kier molecular flexibility index (Phi) is 3.12. The summed E-state index contributed by atoms with van der Waals surface area (Å²) in [7, 11) is 0. The summed E-state index contributed by atoms with van der Waals surface area (Å²) >= 11 is 0. The van der Waals surface area contributed by atoms with Gasteiger partial charge in [-0.1, -0.05) is 6.08 Å². The summed E-state index contributed by atoms with van der Waals surface area (Å²) in [5.41, 5.74) is -1.48. The molecule has 0 unspecified atom stereocenters. The third-order valence-corrected chi connectivity index (χ3v) is 3.85. The SMILES string of the molecule is CCOC(=O)[C@@]12C=C[C@H]([C@@H]3OC(C)(C)O[C@@H]31)N(C(C)=O)O2. The van der Waals surface area contributed by atoms with E-state index in [0.717, 1.165) is 0 Å². The first-order valence-corrected chi connectivity index (χ1v) is 7.02. The van der Waals surface area contributed by atoms with Gasteiger partial charge in [0, 0.05) is 6.92 Å². The van der Waals surface area contributed by atoms with Gasteiger partial charge in [0.2, 0.25) is 11.5 Å². The van der Waals surface area contributed by atoms with Crippen LogP contribution in [-0.2, 0) is 28.6 Å². The van der Waals surface area contributed by atoms with Crippen LogP contribution in [0.3, 0.4) is 0 Å². The first kappa shape index (κ1) is 14.5. The number of carbonyl (C=O) groups excluding carboxylic acids is 2. The normalized spacial score (nSPS) is 39.2. The molecule has 0 spiro atoms. The highest BCUT2D eigenvalue weighted by atomic mass is 16.8. The molecular weight excluding hydrogens is 278 g/mol. The van der Waals surface area contributed by atoms with Gasteiger partial charge in [-0.25, -0.2) is 14.7 Å². The van der Waals surface area contributed by atoms with Gasteiger partial charge in [0.25, 0.3) is 0 Å². The molecule has 0 saturated carbocycles. The Morgan fingerprint density at radius 1 is 1.33 bits per heavy atom. The Bertz CT molecular complexity index is 516. The molecule has 0 radical (unpaired) electrons. The van der Waals surface area contributed by atoms with Gasteiger partial charge in [-0.3, -0.25) is 4.79 Å². The highest BCUT2D eigenvalue weighted by molar-refractivity contribution is 5.85. The summed E-state index contributed by atoms with van der Waals surface area (Å²) in [4.78, 5) is 29.9. The average Bonchev–Trinajstić information content (AvgIpc) is 2.76. The number of ether oxygens (including phenoxy) is 3. The van der Waals surface area contributed by atoms with Crippen molar-refractivity contribution in [1.29, 1.82) is 0 Å². The first-order chi connectivity index (χ1) is 9.81. The third kappa shape index (κ3) is 1.99. The molecule has 2 bridgehead atoms. The summed E-state index contributed by atoms with van der Waals surface area (Å²) in [6.07, 6.45) is 2.25. The van der Waals surface area contributed by atoms with E-state index in [4.69, 9.17) is 19.0 Å². The van der Waals surface area contributed by atoms with E-state index in [1.165, 1.54) is 12.0 Å². The minimum absolute atomic E-state index is 0.211. The smallest absolute Gasteiger partial charge is 0.348 e. The maximum absolute atomic E-state index is 12.4. The number of hydrogen-bond acceptors (Lipinski definition) is 6. The zero-order valence-corrected chi connectivity index (χ0v) is 12.5. The number of hydrogen-bond donors (Lipinski definition) is 0. The van der Waals surface area contributed by atoms with Gasteiger partial charge in [-0.2, -0.15) is 0 Å². The van der Waals surface area contributed by atoms with E-state index >= 15 is 0 Å². The van der Waals surface area contributed by atoms with Crippen molar-refractivity contribution in [1.82, 2.24) is 5.06 Å². The van der Waals surface area contributed by atoms with E-state index in [1.54, 1.807) is 32.9 Å². The molecular formula is C14H19NO6. The van der Waals surface area contributed by atoms with Gasteiger partial charge in [0.05, 0.1) is 6.61 Å². The predicted octanol–water partition coefficient (Wildman–Crippen LogP) is 0.540. The van der Waals surface area contributed by atoms with E-state index in [1.807, 2.05) is 0 Å². The van der Waals surface area contributed by atoms with Crippen LogP contribution in [0.1, 0.15) is 27.7 Å². The van der Waals surface area contributed by atoms with Crippen LogP contribution in [0.5, 0.6) is 0 Å². The van der Waals surface area contributed by atoms with E-state index in [-0.39, 0.29) is 12.5 Å². The fourth-order valence-corrected chi connectivity index (χ4v) is 3.07. The van der Waals surface area contributed by atoms with Crippen molar-refractivity contribution in [2.75, 3.05) is 6.61 Å². The maximum Gasteiger partial charge on any atom is 0.348 e. The molecule has 21 heavy (non-hydrogen) atoms. The summed E-state index contributed by atoms with van der Waals surface area (Å²) in [5, 5.41) is 1.17. The van der Waals surface area contributed by atoms with Crippen LogP contribution >= 0.6 is 0 Å². The predicted molar refractivity (Wildman–Crippen MR) is 69.7 cm³/mol. The number of hydroxylamine groups is 2. The Hall–Kier alpha value is -1.44. The molecule has 3 aliphatic heterocycles. The van der Waals surface area contributed by atoms with Crippen molar-refractivity contribution in [3.05, 3.63) is 12.2 Å². The number of carbonyl (C=O) groups is 2. The molecule has 2 saturated heterocycles. The van der Waals surface area contributed by atoms with Gasteiger partial charge >= 0.3 is 5.97 Å². The zero-order chi connectivity index (χ0) is 15.4. The molecule has 4 aliphatic rings. The number of esters is 1. The summed E-state index contributed by atoms with van der Waals surface area (Å²) in [6.45, 7) is 6.83. The van der Waals surface area contributed by atoms with Crippen LogP contribution in [0.4, 0.5) is 0 Å². The minimum Gasteiger partial charge on any atom is -0.463 e. The number of amides is 1. The summed E-state index contributed by atoms with van der Waals surface area (Å²) in [6, 6.07) is -0.412. The number of nitrogens with zero attached hydrogens (tertiary/aromatic N) is 1. The molecule has 4 rings (SSSR count). The molecule has 0 aromatic rings. The molecule has 3 heterocycles. The van der Waals surface area contributed by atoms with Gasteiger partial charge in [0.15, 0.2) is 5.79 Å². The van der Waals surface area contributed by atoms with Crippen molar-refractivity contribution < 1.29 is 28.6 Å². The van der Waals surface area contributed by atoms with E-state index in [9.17, 15) is 9.59 Å². The number of fused-ring (bicyclic) bond motifs is 1. The van der Waals surface area contributed by atoms with Crippen LogP contribution in [-0.4, -0.2) is 53.2 Å². The van der Waals surface area contributed by atoms with Gasteiger partial charge in [0.1, 0.15) is 18.2 Å². The van der Waals surface area contributed by atoms with Crippen LogP contribution in [0.15, 0.2) is 12.2 Å². The monoisotopic (exact) mass is 297 g/mol. The van der Waals surface area contributed by atoms with Crippen molar-refractivity contribution in [3.8, 4) is 0 Å². The second-order valence-corrected chi connectivity index (χ2v) is 5.82. The van der Waals surface area contributed by atoms with Crippen LogP contribution in [0.2, 0.25) is 0 Å². The minimum atomic E-state index is -1.48. The van der Waals surface area contributed by atoms with Crippen molar-refractivity contribution in [2.45, 2.75) is 57.3 Å². The van der Waals surface area contributed by atoms with E-state index in [2.05, 4.69) is 0 Å². The van der Waals surface area contributed by atoms with Gasteiger partial charge in [-0.05, 0) is 26.8 Å². The Morgan fingerprint density at radius 2 is 2.05 bits per heavy atom. The molecule has 4 atom stereocenters. The quantitative estimate of drug-likeness (QED) is 0.547. The van der Waals surface area contributed by atoms with Crippen molar-refractivity contribution in [3.63, 3.8) is 0 Å². The average molecular weight is 297 g/mol. The van der Waals surface area contributed by atoms with E-state index < -0.39 is 35.6 Å². The van der Waals surface area contributed by atoms with Gasteiger partial charge in [-0.15, -0.1) is 0 Å². The fourth-order valence-electron chi connectivity index (χ4n) is 3.07. The summed E-state index contributed by atoms with van der Waals surface area (Å²) < 4.78 is 16.8. The van der Waals surface area contributed by atoms with Gasteiger partial charge < -0.3 is 14.2 Å². The highest BCUT2D eigenvalue weighted by Crippen LogP contribution is 2.47. The first-order valence-electron chi connectivity index (χ1n) is 7.02. The molecule has 0 aromatic heterocycles. The molecule has 7 heteroatoms. The molecule has 0 N–H and O–H groups in total. The highest BCUT2D eigenvalue weighted by Gasteiger charge is 2.67. The molecule has 2 fully saturated rings. The van der Waals surface area contributed by atoms with Crippen LogP contribution < -0.4 is 0 Å². The maximum atomic E-state index is 12.4.